The molecule has 0 N–H and O–H groups in total. The van der Waals surface area contributed by atoms with Gasteiger partial charge in [0.15, 0.2) is 0 Å². The van der Waals surface area contributed by atoms with Crippen LogP contribution < -0.4 is 0 Å². The highest BCUT2D eigenvalue weighted by Crippen LogP contribution is 2.23. The third kappa shape index (κ3) is 6.46. The van der Waals surface area contributed by atoms with Crippen molar-refractivity contribution in [3.63, 3.8) is 0 Å². The lowest BCUT2D eigenvalue weighted by molar-refractivity contribution is -0.137. The minimum atomic E-state index is -0.245. The van der Waals surface area contributed by atoms with Gasteiger partial charge in [-0.15, -0.1) is 0 Å². The molecule has 0 radical (unpaired) electrons. The predicted molar refractivity (Wildman–Crippen MR) is 59.0 cm³/mol. The van der Waals surface area contributed by atoms with Gasteiger partial charge >= 0.3 is 5.97 Å². The molecule has 1 aliphatic rings. The highest BCUT2D eigenvalue weighted by atomic mass is 16.5. The van der Waals surface area contributed by atoms with Gasteiger partial charge in [0.05, 0.1) is 7.11 Å². The Morgan fingerprint density at radius 2 is 2.00 bits per heavy atom. The molecule has 0 aliphatic heterocycles. The molecule has 1 unspecified atom stereocenters. The number of hydrogen-bond acceptors (Lipinski definition) is 2. The summed E-state index contributed by atoms with van der Waals surface area (Å²) in [4.78, 5) is 9.59. The molecule has 0 aromatic rings. The lowest BCUT2D eigenvalue weighted by Gasteiger charge is -2.16. The number of methoxy groups -OCH3 is 1. The van der Waals surface area contributed by atoms with E-state index in [1.807, 2.05) is 0 Å². The molecule has 0 heterocycles. The molecule has 1 rings (SSSR count). The molecule has 0 fully saturated rings. The summed E-state index contributed by atoms with van der Waals surface area (Å²) in [5.41, 5.74) is 1.35. The maximum atomic E-state index is 9.59. The summed E-state index contributed by atoms with van der Waals surface area (Å²) < 4.78 is 4.11. The number of rotatable bonds is 1. The van der Waals surface area contributed by atoms with Gasteiger partial charge < -0.3 is 4.74 Å². The zero-order valence-corrected chi connectivity index (χ0v) is 9.38. The normalized spacial score (nSPS) is 19.2. The van der Waals surface area contributed by atoms with E-state index in [1.165, 1.54) is 38.9 Å². The fourth-order valence-corrected chi connectivity index (χ4v) is 1.24. The molecule has 0 saturated carbocycles. The second-order valence-corrected chi connectivity index (χ2v) is 3.52. The van der Waals surface area contributed by atoms with Crippen LogP contribution >= 0.6 is 0 Å². The van der Waals surface area contributed by atoms with Gasteiger partial charge in [-0.25, -0.2) is 0 Å². The molecule has 14 heavy (non-hydrogen) atoms. The molecule has 0 bridgehead atoms. The summed E-state index contributed by atoms with van der Waals surface area (Å²) in [5, 5.41) is 0. The number of carbonyl (C=O) groups excluding carboxylic acids is 1. The van der Waals surface area contributed by atoms with Crippen LogP contribution in [-0.2, 0) is 9.53 Å². The summed E-state index contributed by atoms with van der Waals surface area (Å²) in [5.74, 6) is 0.528. The number of hydrogen-bond donors (Lipinski definition) is 0. The average molecular weight is 196 g/mol. The minimum absolute atomic E-state index is 0.245. The van der Waals surface area contributed by atoms with Crippen molar-refractivity contribution >= 4 is 5.97 Å². The first-order chi connectivity index (χ1) is 6.57. The van der Waals surface area contributed by atoms with Crippen molar-refractivity contribution < 1.29 is 9.53 Å². The van der Waals surface area contributed by atoms with Crippen LogP contribution in [0.3, 0.4) is 0 Å². The maximum absolute atomic E-state index is 9.59. The summed E-state index contributed by atoms with van der Waals surface area (Å²) >= 11 is 0. The standard InChI is InChI=1S/C9H14.C3H6O2/c1-8(2)9-6-4-3-5-7-9;1-3(4)5-2/h3-4,9H,1,5-7H2,2H3;1-2H3. The number of carbonyl (C=O) groups is 1. The molecule has 0 spiro atoms. The van der Waals surface area contributed by atoms with Gasteiger partial charge in [-0.2, -0.15) is 0 Å². The highest BCUT2D eigenvalue weighted by Gasteiger charge is 2.08. The van der Waals surface area contributed by atoms with E-state index in [4.69, 9.17) is 0 Å². The Balaban J connectivity index is 0.000000292. The van der Waals surface area contributed by atoms with E-state index < -0.39 is 0 Å². The Hall–Kier alpha value is -1.05. The second kappa shape index (κ2) is 7.36. The number of allylic oxidation sites excluding steroid dienone is 3. The monoisotopic (exact) mass is 196 g/mol. The largest absolute Gasteiger partial charge is 0.469 e. The highest BCUT2D eigenvalue weighted by molar-refractivity contribution is 5.65. The van der Waals surface area contributed by atoms with Crippen LogP contribution in [0.1, 0.15) is 33.1 Å². The molecule has 80 valence electrons. The third-order valence-corrected chi connectivity index (χ3v) is 2.25. The number of esters is 1. The van der Waals surface area contributed by atoms with Gasteiger partial charge in [0.1, 0.15) is 0 Å². The maximum Gasteiger partial charge on any atom is 0.302 e. The summed E-state index contributed by atoms with van der Waals surface area (Å²) in [6, 6.07) is 0. The molecule has 2 nitrogen and oxygen atoms in total. The van der Waals surface area contributed by atoms with E-state index >= 15 is 0 Å². The van der Waals surface area contributed by atoms with Gasteiger partial charge in [0, 0.05) is 6.92 Å². The van der Waals surface area contributed by atoms with E-state index in [1.54, 1.807) is 0 Å². The molecule has 2 heteroatoms. The van der Waals surface area contributed by atoms with Crippen LogP contribution in [-0.4, -0.2) is 13.1 Å². The van der Waals surface area contributed by atoms with Crippen molar-refractivity contribution in [3.05, 3.63) is 24.3 Å². The Kier molecular flexibility index (Phi) is 6.81. The van der Waals surface area contributed by atoms with Crippen molar-refractivity contribution in [2.75, 3.05) is 7.11 Å². The molecule has 1 aliphatic carbocycles. The Labute approximate surface area is 86.6 Å². The fraction of sp³-hybridized carbons (Fsp3) is 0.583. The summed E-state index contributed by atoms with van der Waals surface area (Å²) in [7, 11) is 1.35. The molecule has 0 saturated heterocycles. The zero-order valence-electron chi connectivity index (χ0n) is 9.38. The van der Waals surface area contributed by atoms with E-state index in [9.17, 15) is 4.79 Å². The molecule has 1 atom stereocenters. The van der Waals surface area contributed by atoms with Gasteiger partial charge in [-0.1, -0.05) is 24.3 Å². The van der Waals surface area contributed by atoms with Crippen LogP contribution in [0.15, 0.2) is 24.3 Å². The third-order valence-electron chi connectivity index (χ3n) is 2.25. The molecular formula is C12H20O2. The first kappa shape index (κ1) is 12.9. The van der Waals surface area contributed by atoms with Crippen molar-refractivity contribution in [1.29, 1.82) is 0 Å². The van der Waals surface area contributed by atoms with Crippen molar-refractivity contribution in [1.82, 2.24) is 0 Å². The summed E-state index contributed by atoms with van der Waals surface area (Å²) in [6.45, 7) is 7.43. The molecular weight excluding hydrogens is 176 g/mol. The van der Waals surface area contributed by atoms with Crippen LogP contribution in [0, 0.1) is 5.92 Å². The Morgan fingerprint density at radius 3 is 2.21 bits per heavy atom. The van der Waals surface area contributed by atoms with Gasteiger partial charge in [-0.3, -0.25) is 4.79 Å². The number of ether oxygens (including phenoxy) is 1. The van der Waals surface area contributed by atoms with E-state index in [0.717, 1.165) is 5.92 Å². The van der Waals surface area contributed by atoms with E-state index in [0.29, 0.717) is 0 Å². The van der Waals surface area contributed by atoms with E-state index in [2.05, 4.69) is 30.4 Å². The van der Waals surface area contributed by atoms with Crippen LogP contribution in [0.25, 0.3) is 0 Å². The van der Waals surface area contributed by atoms with Gasteiger partial charge in [0.2, 0.25) is 0 Å². The minimum Gasteiger partial charge on any atom is -0.469 e. The van der Waals surface area contributed by atoms with Gasteiger partial charge in [0.25, 0.3) is 0 Å². The quantitative estimate of drug-likeness (QED) is 0.476. The zero-order chi connectivity index (χ0) is 11.0. The molecule has 0 amide bonds. The SMILES string of the molecule is C=C(C)C1CC=CCC1.COC(C)=O. The average Bonchev–Trinajstić information content (AvgIpc) is 2.20. The smallest absolute Gasteiger partial charge is 0.302 e. The lowest BCUT2D eigenvalue weighted by Crippen LogP contribution is -2.02. The Morgan fingerprint density at radius 1 is 1.43 bits per heavy atom. The van der Waals surface area contributed by atoms with Crippen LogP contribution in [0.2, 0.25) is 0 Å². The van der Waals surface area contributed by atoms with Crippen LogP contribution in [0.5, 0.6) is 0 Å². The van der Waals surface area contributed by atoms with E-state index in [-0.39, 0.29) is 5.97 Å². The van der Waals surface area contributed by atoms with Crippen molar-refractivity contribution in [2.24, 2.45) is 5.92 Å². The van der Waals surface area contributed by atoms with Crippen molar-refractivity contribution in [3.8, 4) is 0 Å². The van der Waals surface area contributed by atoms with Gasteiger partial charge in [-0.05, 0) is 32.1 Å². The fourth-order valence-electron chi connectivity index (χ4n) is 1.24. The Bertz CT molecular complexity index is 216. The topological polar surface area (TPSA) is 26.3 Å². The van der Waals surface area contributed by atoms with Crippen molar-refractivity contribution in [2.45, 2.75) is 33.1 Å². The first-order valence-electron chi connectivity index (χ1n) is 4.93. The predicted octanol–water partition coefficient (Wildman–Crippen LogP) is 3.10. The summed E-state index contributed by atoms with van der Waals surface area (Å²) in [6.07, 6.45) is 8.31. The lowest BCUT2D eigenvalue weighted by atomic mass is 9.89. The molecule has 0 aromatic heterocycles. The second-order valence-electron chi connectivity index (χ2n) is 3.52. The first-order valence-corrected chi connectivity index (χ1v) is 4.93. The molecule has 0 aromatic carbocycles. The van der Waals surface area contributed by atoms with Crippen LogP contribution in [0.4, 0.5) is 0 Å².